The Morgan fingerprint density at radius 1 is 0.473 bits per heavy atom. The number of alkyl carbamates (subject to hydrolysis) is 1. The van der Waals surface area contributed by atoms with Crippen molar-refractivity contribution in [2.45, 2.75) is 225 Å². The van der Waals surface area contributed by atoms with E-state index >= 15 is 0 Å². The van der Waals surface area contributed by atoms with E-state index < -0.39 is 45.2 Å². The normalized spacial score (nSPS) is 12.2. The Labute approximate surface area is 577 Å². The number of amides is 2. The van der Waals surface area contributed by atoms with Crippen LogP contribution in [0.1, 0.15) is 219 Å². The molecule has 2 unspecified atom stereocenters. The number of carbonyl (C=O) groups is 4. The zero-order valence-corrected chi connectivity index (χ0v) is 59.6. The Balaban J connectivity index is 0.0000226. The summed E-state index contributed by atoms with van der Waals surface area (Å²) in [6.07, 6.45) is 38.0. The molecule has 0 aliphatic heterocycles. The van der Waals surface area contributed by atoms with Gasteiger partial charge in [-0.2, -0.15) is 0 Å². The summed E-state index contributed by atoms with van der Waals surface area (Å²) in [4.78, 5) is 76.3. The number of para-hydroxylation sites is 2. The number of hydrogen-bond donors (Lipinski definition) is 2. The molecule has 20 nitrogen and oxygen atoms in total. The summed E-state index contributed by atoms with van der Waals surface area (Å²) in [5.74, 6) is -0.888. The van der Waals surface area contributed by atoms with Crippen molar-refractivity contribution in [1.29, 1.82) is 0 Å². The molecule has 2 heterocycles. The number of carbonyl (C=O) groups excluding carboxylic acids is 4. The number of phosphoric ester groups is 1. The fourth-order valence-electron chi connectivity index (χ4n) is 10.2. The van der Waals surface area contributed by atoms with Gasteiger partial charge in [-0.05, 0) is 36.6 Å². The quantitative estimate of drug-likeness (QED) is 0.0137. The second-order valence-corrected chi connectivity index (χ2v) is 24.9. The van der Waals surface area contributed by atoms with Crippen LogP contribution in [0.4, 0.5) is 4.79 Å². The number of fused-ring (bicyclic) bond motifs is 1. The molecular formula is C71H111N5NaO15P. The number of unbranched alkanes of at least 4 members (excludes halogenated alkanes) is 28. The number of nitrogens with one attached hydrogen (secondary N) is 2. The summed E-state index contributed by atoms with van der Waals surface area (Å²) in [7, 11) is -4.94. The van der Waals surface area contributed by atoms with Gasteiger partial charge in [0.25, 0.3) is 7.82 Å². The molecule has 2 N–H and O–H groups in total. The van der Waals surface area contributed by atoms with Crippen molar-refractivity contribution in [3.8, 4) is 28.3 Å². The van der Waals surface area contributed by atoms with Gasteiger partial charge in [-0.1, -0.05) is 230 Å². The van der Waals surface area contributed by atoms with Crippen molar-refractivity contribution in [3.05, 3.63) is 73.1 Å². The number of rotatable bonds is 59. The zero-order valence-electron chi connectivity index (χ0n) is 56.7. The van der Waals surface area contributed by atoms with Crippen LogP contribution in [0.15, 0.2) is 73.1 Å². The van der Waals surface area contributed by atoms with Gasteiger partial charge in [0, 0.05) is 49.3 Å². The number of benzene rings is 2. The van der Waals surface area contributed by atoms with Crippen molar-refractivity contribution in [2.24, 2.45) is 0 Å². The number of phosphoric acid groups is 1. The van der Waals surface area contributed by atoms with Crippen LogP contribution in [0.3, 0.4) is 0 Å². The first kappa shape index (κ1) is 82.6. The van der Waals surface area contributed by atoms with Crippen LogP contribution < -0.4 is 49.8 Å². The van der Waals surface area contributed by atoms with Gasteiger partial charge in [0.2, 0.25) is 11.8 Å². The number of pyridine rings is 1. The van der Waals surface area contributed by atoms with Crippen molar-refractivity contribution in [2.75, 3.05) is 85.8 Å². The molecule has 2 amide bonds. The minimum absolute atomic E-state index is 0. The van der Waals surface area contributed by atoms with Crippen LogP contribution in [0.2, 0.25) is 0 Å². The Morgan fingerprint density at radius 3 is 1.54 bits per heavy atom. The zero-order chi connectivity index (χ0) is 65.6. The Bertz CT molecular complexity index is 2590. The number of esters is 2. The molecule has 4 aromatic rings. The molecule has 22 heteroatoms. The summed E-state index contributed by atoms with van der Waals surface area (Å²) in [6, 6.07) is 19.6. The fourth-order valence-corrected chi connectivity index (χ4v) is 11.0. The smallest absolute Gasteiger partial charge is 0.756 e. The third-order valence-electron chi connectivity index (χ3n) is 15.5. The maximum absolute atomic E-state index is 12.9. The van der Waals surface area contributed by atoms with E-state index in [1.807, 2.05) is 60.7 Å². The van der Waals surface area contributed by atoms with Gasteiger partial charge in [-0.25, -0.2) is 14.8 Å². The third-order valence-corrected chi connectivity index (χ3v) is 16.5. The Morgan fingerprint density at radius 2 is 0.968 bits per heavy atom. The predicted molar refractivity (Wildman–Crippen MR) is 358 cm³/mol. The molecule has 516 valence electrons. The largest absolute Gasteiger partial charge is 1.00 e. The van der Waals surface area contributed by atoms with E-state index in [4.69, 9.17) is 47.2 Å². The number of aromatic nitrogens is 3. The van der Waals surface area contributed by atoms with Crippen LogP contribution in [0.25, 0.3) is 33.4 Å². The van der Waals surface area contributed by atoms with E-state index in [1.54, 1.807) is 12.4 Å². The van der Waals surface area contributed by atoms with Crippen molar-refractivity contribution < 1.29 is 100 Å². The molecule has 0 aliphatic carbocycles. The summed E-state index contributed by atoms with van der Waals surface area (Å²) >= 11 is 0. The van der Waals surface area contributed by atoms with Gasteiger partial charge in [0.15, 0.2) is 6.10 Å². The summed E-state index contributed by atoms with van der Waals surface area (Å²) in [6.45, 7) is 4.08. The number of hydrogen-bond acceptors (Lipinski definition) is 18. The van der Waals surface area contributed by atoms with E-state index in [-0.39, 0.29) is 94.4 Å². The summed E-state index contributed by atoms with van der Waals surface area (Å²) in [5.41, 5.74) is 5.46. The van der Waals surface area contributed by atoms with Crippen LogP contribution in [0.5, 0.6) is 5.88 Å². The molecule has 4 rings (SSSR count). The minimum atomic E-state index is -4.94. The Hall–Kier alpha value is -4.60. The first-order valence-corrected chi connectivity index (χ1v) is 36.3. The van der Waals surface area contributed by atoms with Crippen molar-refractivity contribution in [3.63, 3.8) is 0 Å². The van der Waals surface area contributed by atoms with Crippen molar-refractivity contribution in [1.82, 2.24) is 25.6 Å². The van der Waals surface area contributed by atoms with Gasteiger partial charge in [0.1, 0.15) is 26.4 Å². The fraction of sp³-hybridized carbons (Fsp3) is 0.676. The molecule has 0 fully saturated rings. The number of nitrogens with zero attached hydrogens (tertiary/aromatic N) is 3. The summed E-state index contributed by atoms with van der Waals surface area (Å²) < 4.78 is 60.8. The maximum atomic E-state index is 12.9. The van der Waals surface area contributed by atoms with Crippen LogP contribution in [-0.2, 0) is 56.4 Å². The van der Waals surface area contributed by atoms with Crippen molar-refractivity contribution >= 4 is 42.8 Å². The molecule has 0 aliphatic rings. The van der Waals surface area contributed by atoms with Crippen LogP contribution in [0, 0.1) is 0 Å². The van der Waals surface area contributed by atoms with E-state index in [9.17, 15) is 28.6 Å². The van der Waals surface area contributed by atoms with Gasteiger partial charge in [0.05, 0.1) is 69.2 Å². The first-order valence-electron chi connectivity index (χ1n) is 34.8. The predicted octanol–water partition coefficient (Wildman–Crippen LogP) is 12.1. The molecule has 0 saturated heterocycles. The molecular weight excluding hydrogens is 1220 g/mol. The molecule has 93 heavy (non-hydrogen) atoms. The molecule has 0 spiro atoms. The summed E-state index contributed by atoms with van der Waals surface area (Å²) in [5, 5.41) is 5.03. The van der Waals surface area contributed by atoms with Gasteiger partial charge in [-0.15, -0.1) is 0 Å². The van der Waals surface area contributed by atoms with E-state index in [2.05, 4.69) is 34.4 Å². The molecule has 2 atom stereocenters. The SMILES string of the molecule is CCCCCCCCCCCCCCCCCC(=O)OCC(COP(=O)([O-])OCCNC(=O)OCCOCC(=O)NCCOCCOCCOc1ccc(-c2ccc(-c3cnc4ccccc4n3)cc2)cn1)OC(=O)CCCCCCCCCCCCCCCCC.[Na+]. The second-order valence-electron chi connectivity index (χ2n) is 23.5. The average Bonchev–Trinajstić information content (AvgIpc) is 0.968. The molecule has 0 radical (unpaired) electrons. The molecule has 2 aromatic heterocycles. The number of ether oxygens (including phenoxy) is 7. The standard InChI is InChI=1S/C71H112N5O15P.Na/c1-3-5-7-9-11-13-15-17-19-21-23-25-27-29-31-37-69(78)88-57-63(91-70(79)38-32-30-28-26-24-22-20-18-16-14-12-10-8-6-4-2)58-90-92(81,82)89-48-46-73-71(80)87-54-52-85-59-67(77)72-45-47-83-49-50-84-51-53-86-68-44-43-62(55-75-68)60-39-41-61(42-40-60)66-56-74-64-35-33-34-36-65(64)76-66;/h33-36,39-44,55-56,63H,3-32,37-38,45-54,57-59H2,1-2H3,(H,72,77)(H,73,80)(H,81,82);/q;+1/p-1. The third kappa shape index (κ3) is 43.3. The first-order chi connectivity index (χ1) is 45.0. The molecule has 2 aromatic carbocycles. The van der Waals surface area contributed by atoms with Gasteiger partial charge < -0.3 is 57.7 Å². The van der Waals surface area contributed by atoms with E-state index in [0.29, 0.717) is 45.1 Å². The Kier molecular flexibility index (Phi) is 49.3. The van der Waals surface area contributed by atoms with Crippen LogP contribution >= 0.6 is 7.82 Å². The topological polar surface area (TPSA) is 254 Å². The van der Waals surface area contributed by atoms with Crippen LogP contribution in [-0.4, -0.2) is 131 Å². The average molecular weight is 1330 g/mol. The van der Waals surface area contributed by atoms with E-state index in [1.165, 1.54) is 141 Å². The molecule has 0 bridgehead atoms. The second kappa shape index (κ2) is 55.5. The minimum Gasteiger partial charge on any atom is -0.756 e. The van der Waals surface area contributed by atoms with Gasteiger partial charge >= 0.3 is 47.6 Å². The monoisotopic (exact) mass is 1330 g/mol. The van der Waals surface area contributed by atoms with Gasteiger partial charge in [-0.3, -0.25) is 23.9 Å². The molecule has 0 saturated carbocycles. The maximum Gasteiger partial charge on any atom is 1.00 e. The van der Waals surface area contributed by atoms with E-state index in [0.717, 1.165) is 71.9 Å².